The van der Waals surface area contributed by atoms with Gasteiger partial charge in [0.1, 0.15) is 0 Å². The SMILES string of the molecule is CC1(C)CNCC[C@@H]1C1CCC(Cl)CC1. The van der Waals surface area contributed by atoms with Crippen LogP contribution in [0, 0.1) is 17.3 Å². The highest BCUT2D eigenvalue weighted by atomic mass is 35.5. The van der Waals surface area contributed by atoms with E-state index in [0.29, 0.717) is 10.8 Å². The van der Waals surface area contributed by atoms with E-state index in [9.17, 15) is 0 Å². The lowest BCUT2D eigenvalue weighted by Crippen LogP contribution is -2.46. The molecule has 2 fully saturated rings. The topological polar surface area (TPSA) is 12.0 Å². The molecule has 1 saturated heterocycles. The number of nitrogens with one attached hydrogen (secondary N) is 1. The van der Waals surface area contributed by atoms with Crippen LogP contribution in [0.15, 0.2) is 0 Å². The summed E-state index contributed by atoms with van der Waals surface area (Å²) >= 11 is 6.18. The molecule has 0 radical (unpaired) electrons. The summed E-state index contributed by atoms with van der Waals surface area (Å²) in [5.41, 5.74) is 0.488. The van der Waals surface area contributed by atoms with Gasteiger partial charge >= 0.3 is 0 Å². The molecule has 1 atom stereocenters. The maximum absolute atomic E-state index is 6.18. The van der Waals surface area contributed by atoms with Crippen molar-refractivity contribution in [1.82, 2.24) is 5.32 Å². The maximum Gasteiger partial charge on any atom is 0.0336 e. The summed E-state index contributed by atoms with van der Waals surface area (Å²) in [7, 11) is 0. The molecule has 1 nitrogen and oxygen atoms in total. The van der Waals surface area contributed by atoms with Crippen LogP contribution in [0.4, 0.5) is 0 Å². The van der Waals surface area contributed by atoms with Gasteiger partial charge in [-0.3, -0.25) is 0 Å². The third kappa shape index (κ3) is 2.68. The van der Waals surface area contributed by atoms with Crippen molar-refractivity contribution in [2.24, 2.45) is 17.3 Å². The summed E-state index contributed by atoms with van der Waals surface area (Å²) in [5.74, 6) is 1.86. The van der Waals surface area contributed by atoms with Gasteiger partial charge in [0, 0.05) is 11.9 Å². The fourth-order valence-corrected chi connectivity index (χ4v) is 3.80. The summed E-state index contributed by atoms with van der Waals surface area (Å²) in [6, 6.07) is 0. The van der Waals surface area contributed by atoms with Crippen molar-refractivity contribution in [3.63, 3.8) is 0 Å². The van der Waals surface area contributed by atoms with Gasteiger partial charge in [0.25, 0.3) is 0 Å². The fourth-order valence-electron chi connectivity index (χ4n) is 3.54. The average molecular weight is 230 g/mol. The van der Waals surface area contributed by atoms with Crippen LogP contribution < -0.4 is 5.32 Å². The Morgan fingerprint density at radius 3 is 2.33 bits per heavy atom. The number of rotatable bonds is 1. The molecule has 1 N–H and O–H groups in total. The molecule has 15 heavy (non-hydrogen) atoms. The number of piperidine rings is 1. The Bertz CT molecular complexity index is 207. The molecule has 1 saturated carbocycles. The maximum atomic E-state index is 6.18. The fraction of sp³-hybridized carbons (Fsp3) is 1.00. The van der Waals surface area contributed by atoms with Crippen LogP contribution in [0.1, 0.15) is 46.0 Å². The van der Waals surface area contributed by atoms with E-state index in [1.165, 1.54) is 45.2 Å². The van der Waals surface area contributed by atoms with E-state index in [4.69, 9.17) is 11.6 Å². The van der Waals surface area contributed by atoms with Crippen molar-refractivity contribution in [3.8, 4) is 0 Å². The van der Waals surface area contributed by atoms with Gasteiger partial charge in [0.15, 0.2) is 0 Å². The molecule has 1 heterocycles. The first-order valence-corrected chi connectivity index (χ1v) is 6.88. The molecule has 0 spiro atoms. The summed E-state index contributed by atoms with van der Waals surface area (Å²) in [6.45, 7) is 7.26. The zero-order chi connectivity index (χ0) is 10.9. The van der Waals surface area contributed by atoms with E-state index >= 15 is 0 Å². The van der Waals surface area contributed by atoms with Gasteiger partial charge in [-0.2, -0.15) is 0 Å². The molecular formula is C13H24ClN. The summed E-state index contributed by atoms with van der Waals surface area (Å²) in [5, 5.41) is 3.99. The zero-order valence-electron chi connectivity index (χ0n) is 10.1. The molecule has 2 rings (SSSR count). The lowest BCUT2D eigenvalue weighted by molar-refractivity contribution is 0.0752. The standard InChI is InChI=1S/C13H24ClN/c1-13(2)9-15-8-7-12(13)10-3-5-11(14)6-4-10/h10-12,15H,3-9H2,1-2H3/t10?,11?,12-/m1/s1. The van der Waals surface area contributed by atoms with Crippen LogP contribution in [-0.2, 0) is 0 Å². The van der Waals surface area contributed by atoms with Crippen molar-refractivity contribution < 1.29 is 0 Å². The highest BCUT2D eigenvalue weighted by Crippen LogP contribution is 2.43. The van der Waals surface area contributed by atoms with E-state index in [2.05, 4.69) is 19.2 Å². The minimum absolute atomic E-state index is 0.464. The largest absolute Gasteiger partial charge is 0.316 e. The van der Waals surface area contributed by atoms with Gasteiger partial charge in [0.2, 0.25) is 0 Å². The number of hydrogen-bond donors (Lipinski definition) is 1. The van der Waals surface area contributed by atoms with Crippen molar-refractivity contribution in [3.05, 3.63) is 0 Å². The molecule has 0 aromatic rings. The van der Waals surface area contributed by atoms with Crippen molar-refractivity contribution >= 4 is 11.6 Å². The Kier molecular flexibility index (Phi) is 3.62. The minimum Gasteiger partial charge on any atom is -0.316 e. The van der Waals surface area contributed by atoms with E-state index in [0.717, 1.165) is 11.8 Å². The quantitative estimate of drug-likeness (QED) is 0.680. The summed E-state index contributed by atoms with van der Waals surface area (Å²) in [4.78, 5) is 0. The van der Waals surface area contributed by atoms with E-state index in [-0.39, 0.29) is 0 Å². The Morgan fingerprint density at radius 2 is 1.73 bits per heavy atom. The van der Waals surface area contributed by atoms with Crippen LogP contribution in [0.5, 0.6) is 0 Å². The molecular weight excluding hydrogens is 206 g/mol. The lowest BCUT2D eigenvalue weighted by Gasteiger charge is -2.45. The van der Waals surface area contributed by atoms with E-state index in [1.807, 2.05) is 0 Å². The second-order valence-electron chi connectivity index (χ2n) is 6.07. The predicted molar refractivity (Wildman–Crippen MR) is 66.4 cm³/mol. The third-order valence-corrected chi connectivity index (χ3v) is 4.92. The number of halogens is 1. The second kappa shape index (κ2) is 4.63. The van der Waals surface area contributed by atoms with Gasteiger partial charge in [-0.15, -0.1) is 11.6 Å². The Balaban J connectivity index is 1.96. The highest BCUT2D eigenvalue weighted by Gasteiger charge is 2.38. The van der Waals surface area contributed by atoms with E-state index in [1.54, 1.807) is 0 Å². The molecule has 0 aromatic heterocycles. The molecule has 2 aliphatic rings. The summed E-state index contributed by atoms with van der Waals surface area (Å²) < 4.78 is 0. The molecule has 0 unspecified atom stereocenters. The lowest BCUT2D eigenvalue weighted by atomic mass is 9.64. The van der Waals surface area contributed by atoms with Crippen LogP contribution in [0.3, 0.4) is 0 Å². The van der Waals surface area contributed by atoms with Crippen LogP contribution >= 0.6 is 11.6 Å². The predicted octanol–water partition coefficient (Wildman–Crippen LogP) is 3.42. The van der Waals surface area contributed by atoms with Crippen molar-refractivity contribution in [2.45, 2.75) is 51.3 Å². The molecule has 0 bridgehead atoms. The van der Waals surface area contributed by atoms with Gasteiger partial charge in [-0.25, -0.2) is 0 Å². The van der Waals surface area contributed by atoms with Crippen molar-refractivity contribution in [2.75, 3.05) is 13.1 Å². The zero-order valence-corrected chi connectivity index (χ0v) is 10.8. The monoisotopic (exact) mass is 229 g/mol. The van der Waals surface area contributed by atoms with Crippen LogP contribution in [0.2, 0.25) is 0 Å². The number of hydrogen-bond acceptors (Lipinski definition) is 1. The third-order valence-electron chi connectivity index (χ3n) is 4.49. The molecule has 1 aliphatic carbocycles. The van der Waals surface area contributed by atoms with Gasteiger partial charge in [0.05, 0.1) is 0 Å². The average Bonchev–Trinajstić information content (AvgIpc) is 2.19. The first-order valence-electron chi connectivity index (χ1n) is 6.44. The van der Waals surface area contributed by atoms with Crippen LogP contribution in [-0.4, -0.2) is 18.5 Å². The van der Waals surface area contributed by atoms with Crippen LogP contribution in [0.25, 0.3) is 0 Å². The molecule has 0 amide bonds. The normalized spacial score (nSPS) is 41.4. The Labute approximate surface area is 99.0 Å². The molecule has 88 valence electrons. The van der Waals surface area contributed by atoms with Crippen molar-refractivity contribution in [1.29, 1.82) is 0 Å². The van der Waals surface area contributed by atoms with Gasteiger partial charge in [-0.05, 0) is 55.9 Å². The van der Waals surface area contributed by atoms with Gasteiger partial charge < -0.3 is 5.32 Å². The Morgan fingerprint density at radius 1 is 1.07 bits per heavy atom. The molecule has 1 aliphatic heterocycles. The molecule has 2 heteroatoms. The minimum atomic E-state index is 0.464. The Hall–Kier alpha value is 0.250. The highest BCUT2D eigenvalue weighted by molar-refractivity contribution is 6.20. The number of alkyl halides is 1. The van der Waals surface area contributed by atoms with E-state index < -0.39 is 0 Å². The first kappa shape index (κ1) is 11.7. The molecule has 0 aromatic carbocycles. The summed E-state index contributed by atoms with van der Waals surface area (Å²) in [6.07, 6.45) is 6.58. The van der Waals surface area contributed by atoms with Gasteiger partial charge in [-0.1, -0.05) is 13.8 Å². The first-order chi connectivity index (χ1) is 7.09. The smallest absolute Gasteiger partial charge is 0.0336 e. The second-order valence-corrected chi connectivity index (χ2v) is 6.69.